The highest BCUT2D eigenvalue weighted by atomic mass is 15.2. The van der Waals surface area contributed by atoms with E-state index in [1.807, 2.05) is 0 Å². The number of hydrogen-bond acceptors (Lipinski definition) is 2. The monoisotopic (exact) mass is 271 g/mol. The molecule has 0 atom stereocenters. The zero-order valence-electron chi connectivity index (χ0n) is 12.4. The Labute approximate surface area is 121 Å². The summed E-state index contributed by atoms with van der Waals surface area (Å²) in [7, 11) is 0. The highest BCUT2D eigenvalue weighted by Crippen LogP contribution is 2.23. The predicted molar refractivity (Wildman–Crippen MR) is 85.3 cm³/mol. The lowest BCUT2D eigenvalue weighted by atomic mass is 10.0. The van der Waals surface area contributed by atoms with E-state index in [0.29, 0.717) is 0 Å². The van der Waals surface area contributed by atoms with E-state index in [4.69, 9.17) is 0 Å². The Morgan fingerprint density at radius 2 is 1.90 bits per heavy atom. The Bertz CT molecular complexity index is 552. The topological polar surface area (TPSA) is 31.1 Å². The SMILES string of the molecule is Cc1[nH]c2ccccc2c1CCCCN1CCNCC1. The number of benzene rings is 1. The average Bonchev–Trinajstić information content (AvgIpc) is 2.80. The van der Waals surface area contributed by atoms with E-state index in [1.54, 1.807) is 0 Å². The van der Waals surface area contributed by atoms with Crippen LogP contribution in [0.15, 0.2) is 24.3 Å². The lowest BCUT2D eigenvalue weighted by Gasteiger charge is -2.27. The molecular weight excluding hydrogens is 246 g/mol. The fourth-order valence-electron chi connectivity index (χ4n) is 3.23. The molecular formula is C17H25N3. The molecule has 0 radical (unpaired) electrons. The Hall–Kier alpha value is -1.32. The Morgan fingerprint density at radius 3 is 2.75 bits per heavy atom. The molecule has 1 aliphatic heterocycles. The molecule has 3 rings (SSSR count). The van der Waals surface area contributed by atoms with Gasteiger partial charge in [-0.05, 0) is 44.4 Å². The first-order chi connectivity index (χ1) is 9.84. The summed E-state index contributed by atoms with van der Waals surface area (Å²) in [5.41, 5.74) is 4.14. The van der Waals surface area contributed by atoms with Crippen LogP contribution in [0, 0.1) is 6.92 Å². The zero-order valence-corrected chi connectivity index (χ0v) is 12.4. The molecule has 1 aromatic carbocycles. The molecule has 1 saturated heterocycles. The first-order valence-corrected chi connectivity index (χ1v) is 7.84. The van der Waals surface area contributed by atoms with E-state index in [9.17, 15) is 0 Å². The predicted octanol–water partition coefficient (Wildman–Crippen LogP) is 2.70. The third kappa shape index (κ3) is 3.05. The molecule has 0 unspecified atom stereocenters. The second kappa shape index (κ2) is 6.42. The van der Waals surface area contributed by atoms with Gasteiger partial charge < -0.3 is 15.2 Å². The van der Waals surface area contributed by atoms with Crippen molar-refractivity contribution in [2.75, 3.05) is 32.7 Å². The van der Waals surface area contributed by atoms with Gasteiger partial charge in [-0.15, -0.1) is 0 Å². The molecule has 1 fully saturated rings. The van der Waals surface area contributed by atoms with Crippen molar-refractivity contribution < 1.29 is 0 Å². The summed E-state index contributed by atoms with van der Waals surface area (Å²) >= 11 is 0. The molecule has 3 nitrogen and oxygen atoms in total. The first-order valence-electron chi connectivity index (χ1n) is 7.84. The van der Waals surface area contributed by atoms with Crippen LogP contribution in [0.25, 0.3) is 10.9 Å². The summed E-state index contributed by atoms with van der Waals surface area (Å²) < 4.78 is 0. The van der Waals surface area contributed by atoms with E-state index >= 15 is 0 Å². The number of hydrogen-bond donors (Lipinski definition) is 2. The summed E-state index contributed by atoms with van der Waals surface area (Å²) in [6.07, 6.45) is 3.79. The highest BCUT2D eigenvalue weighted by Gasteiger charge is 2.10. The van der Waals surface area contributed by atoms with Gasteiger partial charge in [0.1, 0.15) is 0 Å². The number of H-pyrrole nitrogens is 1. The van der Waals surface area contributed by atoms with Crippen molar-refractivity contribution in [1.29, 1.82) is 0 Å². The third-order valence-electron chi connectivity index (χ3n) is 4.39. The number of unbranched alkanes of at least 4 members (excludes halogenated alkanes) is 1. The highest BCUT2D eigenvalue weighted by molar-refractivity contribution is 5.84. The molecule has 0 spiro atoms. The van der Waals surface area contributed by atoms with E-state index in [2.05, 4.69) is 46.4 Å². The van der Waals surface area contributed by atoms with Gasteiger partial charge >= 0.3 is 0 Å². The van der Waals surface area contributed by atoms with Gasteiger partial charge in [0.05, 0.1) is 0 Å². The van der Waals surface area contributed by atoms with Crippen LogP contribution < -0.4 is 5.32 Å². The largest absolute Gasteiger partial charge is 0.358 e. The number of nitrogens with zero attached hydrogens (tertiary/aromatic N) is 1. The van der Waals surface area contributed by atoms with Crippen molar-refractivity contribution in [1.82, 2.24) is 15.2 Å². The second-order valence-electron chi connectivity index (χ2n) is 5.82. The zero-order chi connectivity index (χ0) is 13.8. The molecule has 108 valence electrons. The maximum Gasteiger partial charge on any atom is 0.0458 e. The molecule has 20 heavy (non-hydrogen) atoms. The van der Waals surface area contributed by atoms with E-state index in [0.717, 1.165) is 13.1 Å². The molecule has 0 aliphatic carbocycles. The average molecular weight is 271 g/mol. The van der Waals surface area contributed by atoms with Gasteiger partial charge in [0.2, 0.25) is 0 Å². The fraction of sp³-hybridized carbons (Fsp3) is 0.529. The third-order valence-corrected chi connectivity index (χ3v) is 4.39. The molecule has 2 N–H and O–H groups in total. The van der Waals surface area contributed by atoms with Crippen molar-refractivity contribution in [2.24, 2.45) is 0 Å². The molecule has 1 aromatic heterocycles. The van der Waals surface area contributed by atoms with Crippen LogP contribution >= 0.6 is 0 Å². The number of rotatable bonds is 5. The maximum atomic E-state index is 3.50. The number of fused-ring (bicyclic) bond motifs is 1. The minimum Gasteiger partial charge on any atom is -0.358 e. The van der Waals surface area contributed by atoms with Crippen molar-refractivity contribution in [3.05, 3.63) is 35.5 Å². The summed E-state index contributed by atoms with van der Waals surface area (Å²) in [5.74, 6) is 0. The molecule has 3 heteroatoms. The molecule has 1 aliphatic rings. The number of nitrogens with one attached hydrogen (secondary N) is 2. The van der Waals surface area contributed by atoms with E-state index < -0.39 is 0 Å². The number of aromatic nitrogens is 1. The van der Waals surface area contributed by atoms with Crippen LogP contribution in [0.2, 0.25) is 0 Å². The van der Waals surface area contributed by atoms with Crippen molar-refractivity contribution >= 4 is 10.9 Å². The van der Waals surface area contributed by atoms with E-state index in [-0.39, 0.29) is 0 Å². The normalized spacial score (nSPS) is 16.9. The lowest BCUT2D eigenvalue weighted by molar-refractivity contribution is 0.237. The summed E-state index contributed by atoms with van der Waals surface area (Å²) in [4.78, 5) is 6.08. The molecule has 2 aromatic rings. The van der Waals surface area contributed by atoms with Gasteiger partial charge in [0, 0.05) is 42.8 Å². The van der Waals surface area contributed by atoms with Crippen LogP contribution in [-0.2, 0) is 6.42 Å². The van der Waals surface area contributed by atoms with Gasteiger partial charge in [-0.1, -0.05) is 18.2 Å². The van der Waals surface area contributed by atoms with Crippen molar-refractivity contribution in [3.63, 3.8) is 0 Å². The minimum absolute atomic E-state index is 1.15. The minimum atomic E-state index is 1.15. The number of aryl methyl sites for hydroxylation is 2. The van der Waals surface area contributed by atoms with Gasteiger partial charge in [0.25, 0.3) is 0 Å². The Morgan fingerprint density at radius 1 is 1.10 bits per heavy atom. The van der Waals surface area contributed by atoms with Gasteiger partial charge in [-0.3, -0.25) is 0 Å². The van der Waals surface area contributed by atoms with Crippen LogP contribution in [-0.4, -0.2) is 42.6 Å². The number of aromatic amines is 1. The molecule has 2 heterocycles. The standard InChI is InChI=1S/C17H25N3/c1-14-15(16-7-2-3-8-17(16)19-14)6-4-5-11-20-12-9-18-10-13-20/h2-3,7-8,18-19H,4-6,9-13H2,1H3. The molecule has 0 amide bonds. The fourth-order valence-corrected chi connectivity index (χ4v) is 3.23. The smallest absolute Gasteiger partial charge is 0.0458 e. The first kappa shape index (κ1) is 13.7. The van der Waals surface area contributed by atoms with Crippen molar-refractivity contribution in [3.8, 4) is 0 Å². The van der Waals surface area contributed by atoms with Crippen molar-refractivity contribution in [2.45, 2.75) is 26.2 Å². The summed E-state index contributed by atoms with van der Waals surface area (Å²) in [5, 5.41) is 4.82. The number of para-hydroxylation sites is 1. The Balaban J connectivity index is 1.53. The number of piperazine rings is 1. The van der Waals surface area contributed by atoms with Crippen LogP contribution in [0.3, 0.4) is 0 Å². The van der Waals surface area contributed by atoms with Crippen LogP contribution in [0.1, 0.15) is 24.1 Å². The van der Waals surface area contributed by atoms with E-state index in [1.165, 1.54) is 61.1 Å². The van der Waals surface area contributed by atoms with Gasteiger partial charge in [-0.25, -0.2) is 0 Å². The Kier molecular flexibility index (Phi) is 4.38. The lowest BCUT2D eigenvalue weighted by Crippen LogP contribution is -2.43. The molecule has 0 bridgehead atoms. The summed E-state index contributed by atoms with van der Waals surface area (Å²) in [6.45, 7) is 8.19. The van der Waals surface area contributed by atoms with Crippen LogP contribution in [0.4, 0.5) is 0 Å². The maximum absolute atomic E-state index is 3.50. The summed E-state index contributed by atoms with van der Waals surface area (Å²) in [6, 6.07) is 8.66. The quantitative estimate of drug-likeness (QED) is 0.819. The van der Waals surface area contributed by atoms with Gasteiger partial charge in [-0.2, -0.15) is 0 Å². The second-order valence-corrected chi connectivity index (χ2v) is 5.82. The molecule has 0 saturated carbocycles. The van der Waals surface area contributed by atoms with Gasteiger partial charge in [0.15, 0.2) is 0 Å². The van der Waals surface area contributed by atoms with Crippen LogP contribution in [0.5, 0.6) is 0 Å².